The highest BCUT2D eigenvalue weighted by Gasteiger charge is 2.23. The van der Waals surface area contributed by atoms with Crippen LogP contribution in [0, 0.1) is 10.1 Å². The lowest BCUT2D eigenvalue weighted by Crippen LogP contribution is -2.39. The lowest BCUT2D eigenvalue weighted by molar-refractivity contribution is -0.384. The van der Waals surface area contributed by atoms with Gasteiger partial charge in [-0.05, 0) is 5.56 Å². The van der Waals surface area contributed by atoms with Crippen molar-refractivity contribution >= 4 is 23.1 Å². The highest BCUT2D eigenvalue weighted by molar-refractivity contribution is 8.00. The minimum Gasteiger partial charge on any atom is -0.393 e. The van der Waals surface area contributed by atoms with Crippen molar-refractivity contribution < 1.29 is 4.92 Å². The zero-order valence-electron chi connectivity index (χ0n) is 11.2. The van der Waals surface area contributed by atoms with Crippen LogP contribution in [-0.4, -0.2) is 33.4 Å². The summed E-state index contributed by atoms with van der Waals surface area (Å²) in [4.78, 5) is 12.8. The Bertz CT molecular complexity index is 471. The molecule has 104 valence electrons. The van der Waals surface area contributed by atoms with Gasteiger partial charge in [-0.15, -0.1) is 0 Å². The summed E-state index contributed by atoms with van der Waals surface area (Å²) >= 11 is 1.99. The van der Waals surface area contributed by atoms with Crippen molar-refractivity contribution in [3.8, 4) is 0 Å². The van der Waals surface area contributed by atoms with Gasteiger partial charge in [-0.2, -0.15) is 11.8 Å². The third kappa shape index (κ3) is 3.39. The largest absolute Gasteiger partial charge is 0.393 e. The van der Waals surface area contributed by atoms with Gasteiger partial charge in [0, 0.05) is 36.2 Å². The maximum Gasteiger partial charge on any atom is 0.292 e. The number of nitro benzene ring substituents is 1. The van der Waals surface area contributed by atoms with Crippen LogP contribution in [0.25, 0.3) is 0 Å². The highest BCUT2D eigenvalue weighted by atomic mass is 32.2. The first-order valence-corrected chi connectivity index (χ1v) is 7.31. The molecular weight excluding hydrogens is 262 g/mol. The fourth-order valence-corrected chi connectivity index (χ4v) is 3.94. The van der Waals surface area contributed by atoms with E-state index in [1.54, 1.807) is 6.07 Å². The molecule has 1 aliphatic heterocycles. The molecule has 0 aromatic heterocycles. The SMILES string of the molecule is CC1CN(Cc2cccc([N+](=O)[O-])c2N)CC(C)S1. The zero-order valence-corrected chi connectivity index (χ0v) is 12.0. The summed E-state index contributed by atoms with van der Waals surface area (Å²) in [6.45, 7) is 7.10. The van der Waals surface area contributed by atoms with Crippen molar-refractivity contribution in [2.75, 3.05) is 18.8 Å². The van der Waals surface area contributed by atoms with Crippen molar-refractivity contribution in [1.82, 2.24) is 4.90 Å². The average molecular weight is 281 g/mol. The minimum absolute atomic E-state index is 0.00461. The van der Waals surface area contributed by atoms with Crippen LogP contribution in [0.4, 0.5) is 11.4 Å². The maximum absolute atomic E-state index is 10.9. The quantitative estimate of drug-likeness (QED) is 0.523. The number of anilines is 1. The van der Waals surface area contributed by atoms with E-state index in [0.29, 0.717) is 22.7 Å². The number of nitrogens with zero attached hydrogens (tertiary/aromatic N) is 2. The van der Waals surface area contributed by atoms with Crippen molar-refractivity contribution in [1.29, 1.82) is 0 Å². The van der Waals surface area contributed by atoms with Crippen LogP contribution in [0.1, 0.15) is 19.4 Å². The van der Waals surface area contributed by atoms with Crippen molar-refractivity contribution in [2.45, 2.75) is 30.9 Å². The van der Waals surface area contributed by atoms with Gasteiger partial charge >= 0.3 is 0 Å². The molecule has 0 amide bonds. The fourth-order valence-electron chi connectivity index (χ4n) is 2.55. The molecule has 0 bridgehead atoms. The predicted molar refractivity (Wildman–Crippen MR) is 79.3 cm³/mol. The summed E-state index contributed by atoms with van der Waals surface area (Å²) in [6, 6.07) is 5.03. The van der Waals surface area contributed by atoms with Crippen LogP contribution in [-0.2, 0) is 6.54 Å². The second-order valence-corrected chi connectivity index (χ2v) is 6.94. The van der Waals surface area contributed by atoms with Gasteiger partial charge in [-0.1, -0.05) is 26.0 Å². The van der Waals surface area contributed by atoms with E-state index in [9.17, 15) is 10.1 Å². The Morgan fingerprint density at radius 1 is 1.42 bits per heavy atom. The van der Waals surface area contributed by atoms with E-state index in [2.05, 4.69) is 18.7 Å². The third-order valence-corrected chi connectivity index (χ3v) is 4.49. The predicted octanol–water partition coefficient (Wildman–Crippen LogP) is 2.50. The first kappa shape index (κ1) is 14.1. The van der Waals surface area contributed by atoms with Gasteiger partial charge in [-0.3, -0.25) is 15.0 Å². The second kappa shape index (κ2) is 5.79. The summed E-state index contributed by atoms with van der Waals surface area (Å²) in [5, 5.41) is 12.1. The molecule has 1 fully saturated rings. The summed E-state index contributed by atoms with van der Waals surface area (Å²) in [7, 11) is 0. The molecular formula is C13H19N3O2S. The molecule has 2 unspecified atom stereocenters. The van der Waals surface area contributed by atoms with Crippen LogP contribution in [0.5, 0.6) is 0 Å². The first-order chi connectivity index (χ1) is 8.97. The van der Waals surface area contributed by atoms with E-state index in [1.807, 2.05) is 17.8 Å². The Morgan fingerprint density at radius 2 is 2.05 bits per heavy atom. The van der Waals surface area contributed by atoms with Gasteiger partial charge in [-0.25, -0.2) is 0 Å². The summed E-state index contributed by atoms with van der Waals surface area (Å²) < 4.78 is 0. The van der Waals surface area contributed by atoms with Crippen molar-refractivity contribution in [2.24, 2.45) is 0 Å². The molecule has 5 nitrogen and oxygen atoms in total. The number of nitrogen functional groups attached to an aromatic ring is 1. The van der Waals surface area contributed by atoms with Crippen LogP contribution < -0.4 is 5.73 Å². The molecule has 2 rings (SSSR count). The normalized spacial score (nSPS) is 24.3. The Hall–Kier alpha value is -1.27. The summed E-state index contributed by atoms with van der Waals surface area (Å²) in [5.41, 5.74) is 7.05. The summed E-state index contributed by atoms with van der Waals surface area (Å²) in [5.74, 6) is 0. The molecule has 2 atom stereocenters. The number of thioether (sulfide) groups is 1. The first-order valence-electron chi connectivity index (χ1n) is 6.37. The van der Waals surface area contributed by atoms with Crippen LogP contribution in [0.3, 0.4) is 0 Å². The number of nitro groups is 1. The Kier molecular flexibility index (Phi) is 4.31. The maximum atomic E-state index is 10.9. The zero-order chi connectivity index (χ0) is 14.0. The fraction of sp³-hybridized carbons (Fsp3) is 0.538. The third-order valence-electron chi connectivity index (χ3n) is 3.26. The van der Waals surface area contributed by atoms with Crippen LogP contribution >= 0.6 is 11.8 Å². The van der Waals surface area contributed by atoms with Crippen molar-refractivity contribution in [3.63, 3.8) is 0 Å². The Balaban J connectivity index is 2.15. The molecule has 6 heteroatoms. The number of benzene rings is 1. The molecule has 0 spiro atoms. The topological polar surface area (TPSA) is 72.4 Å². The second-order valence-electron chi connectivity index (χ2n) is 5.06. The lowest BCUT2D eigenvalue weighted by Gasteiger charge is -2.34. The van der Waals surface area contributed by atoms with Gasteiger partial charge in [0.05, 0.1) is 4.92 Å². The molecule has 19 heavy (non-hydrogen) atoms. The van der Waals surface area contributed by atoms with E-state index in [4.69, 9.17) is 5.73 Å². The number of nitrogens with two attached hydrogens (primary N) is 1. The van der Waals surface area contributed by atoms with Crippen molar-refractivity contribution in [3.05, 3.63) is 33.9 Å². The van der Waals surface area contributed by atoms with E-state index in [-0.39, 0.29) is 5.69 Å². The molecule has 0 aliphatic carbocycles. The minimum atomic E-state index is -0.420. The molecule has 0 radical (unpaired) electrons. The molecule has 0 saturated carbocycles. The summed E-state index contributed by atoms with van der Waals surface area (Å²) in [6.07, 6.45) is 0. The number of hydrogen-bond donors (Lipinski definition) is 1. The monoisotopic (exact) mass is 281 g/mol. The molecule has 1 aromatic rings. The van der Waals surface area contributed by atoms with Gasteiger partial charge < -0.3 is 5.73 Å². The molecule has 2 N–H and O–H groups in total. The van der Waals surface area contributed by atoms with Crippen LogP contribution in [0.2, 0.25) is 0 Å². The van der Waals surface area contributed by atoms with E-state index in [1.165, 1.54) is 6.07 Å². The van der Waals surface area contributed by atoms with Gasteiger partial charge in [0.15, 0.2) is 0 Å². The Labute approximate surface area is 117 Å². The number of para-hydroxylation sites is 1. The molecule has 1 heterocycles. The standard InChI is InChI=1S/C13H19N3O2S/c1-9-6-15(7-10(2)19-9)8-11-4-3-5-12(13(11)14)16(17)18/h3-5,9-10H,6-8,14H2,1-2H3. The smallest absolute Gasteiger partial charge is 0.292 e. The highest BCUT2D eigenvalue weighted by Crippen LogP contribution is 2.29. The van der Waals surface area contributed by atoms with Gasteiger partial charge in [0.25, 0.3) is 5.69 Å². The van der Waals surface area contributed by atoms with E-state index < -0.39 is 4.92 Å². The number of hydrogen-bond acceptors (Lipinski definition) is 5. The van der Waals surface area contributed by atoms with E-state index >= 15 is 0 Å². The number of rotatable bonds is 3. The lowest BCUT2D eigenvalue weighted by atomic mass is 10.1. The van der Waals surface area contributed by atoms with Gasteiger partial charge in [0.2, 0.25) is 0 Å². The van der Waals surface area contributed by atoms with Crippen LogP contribution in [0.15, 0.2) is 18.2 Å². The van der Waals surface area contributed by atoms with Gasteiger partial charge in [0.1, 0.15) is 5.69 Å². The molecule has 1 aliphatic rings. The molecule has 1 aromatic carbocycles. The Morgan fingerprint density at radius 3 is 2.63 bits per heavy atom. The molecule has 1 saturated heterocycles. The average Bonchev–Trinajstić information content (AvgIpc) is 2.30. The van der Waals surface area contributed by atoms with E-state index in [0.717, 1.165) is 18.7 Å².